The van der Waals surface area contributed by atoms with Gasteiger partial charge >= 0.3 is 5.97 Å². The van der Waals surface area contributed by atoms with Crippen molar-refractivity contribution in [2.24, 2.45) is 0 Å². The first-order valence-electron chi connectivity index (χ1n) is 8.06. The van der Waals surface area contributed by atoms with Gasteiger partial charge in [-0.25, -0.2) is 4.79 Å². The molecular formula is C17H25N2O5+. The van der Waals surface area contributed by atoms with E-state index in [1.54, 1.807) is 6.07 Å². The van der Waals surface area contributed by atoms with E-state index in [-0.39, 0.29) is 11.5 Å². The SMILES string of the molecule is COC(=O)c1cc(OC)c(OC)cc1NC(=O)C[NH+]1CCCCC1. The number of amides is 1. The van der Waals surface area contributed by atoms with Crippen LogP contribution in [0.25, 0.3) is 0 Å². The van der Waals surface area contributed by atoms with Crippen molar-refractivity contribution in [1.29, 1.82) is 0 Å². The average molecular weight is 337 g/mol. The summed E-state index contributed by atoms with van der Waals surface area (Å²) in [7, 11) is 4.28. The Morgan fingerprint density at radius 3 is 2.25 bits per heavy atom. The average Bonchev–Trinajstić information content (AvgIpc) is 2.61. The molecule has 0 atom stereocenters. The minimum Gasteiger partial charge on any atom is -0.493 e. The topological polar surface area (TPSA) is 78.3 Å². The molecule has 0 aliphatic carbocycles. The number of carbonyl (C=O) groups excluding carboxylic acids is 2. The van der Waals surface area contributed by atoms with Crippen LogP contribution in [0.2, 0.25) is 0 Å². The normalized spacial score (nSPS) is 14.8. The number of quaternary nitrogens is 1. The number of benzene rings is 1. The number of carbonyl (C=O) groups is 2. The summed E-state index contributed by atoms with van der Waals surface area (Å²) in [5.41, 5.74) is 0.595. The van der Waals surface area contributed by atoms with E-state index < -0.39 is 5.97 Å². The molecule has 0 spiro atoms. The summed E-state index contributed by atoms with van der Waals surface area (Å²) in [5, 5.41) is 2.80. The van der Waals surface area contributed by atoms with Gasteiger partial charge < -0.3 is 24.4 Å². The fourth-order valence-corrected chi connectivity index (χ4v) is 2.91. The summed E-state index contributed by atoms with van der Waals surface area (Å²) >= 11 is 0. The van der Waals surface area contributed by atoms with E-state index in [9.17, 15) is 9.59 Å². The van der Waals surface area contributed by atoms with Crippen molar-refractivity contribution in [2.45, 2.75) is 19.3 Å². The van der Waals surface area contributed by atoms with E-state index in [1.807, 2.05) is 0 Å². The third-order valence-corrected chi connectivity index (χ3v) is 4.17. The van der Waals surface area contributed by atoms with Crippen LogP contribution in [0.5, 0.6) is 11.5 Å². The minimum atomic E-state index is -0.545. The Morgan fingerprint density at radius 2 is 1.67 bits per heavy atom. The van der Waals surface area contributed by atoms with Crippen LogP contribution >= 0.6 is 0 Å². The number of ether oxygens (including phenoxy) is 3. The first-order chi connectivity index (χ1) is 11.6. The van der Waals surface area contributed by atoms with Crippen LogP contribution in [0.1, 0.15) is 29.6 Å². The fourth-order valence-electron chi connectivity index (χ4n) is 2.91. The highest BCUT2D eigenvalue weighted by atomic mass is 16.5. The molecule has 1 fully saturated rings. The Morgan fingerprint density at radius 1 is 1.04 bits per heavy atom. The molecule has 1 saturated heterocycles. The molecule has 0 bridgehead atoms. The number of hydrogen-bond donors (Lipinski definition) is 2. The molecule has 7 heteroatoms. The van der Waals surface area contributed by atoms with Crippen LogP contribution in [0.4, 0.5) is 5.69 Å². The first-order valence-corrected chi connectivity index (χ1v) is 8.06. The summed E-state index contributed by atoms with van der Waals surface area (Å²) in [4.78, 5) is 25.6. The molecule has 1 aromatic carbocycles. The number of hydrogen-bond acceptors (Lipinski definition) is 5. The van der Waals surface area contributed by atoms with E-state index in [0.29, 0.717) is 23.7 Å². The lowest BCUT2D eigenvalue weighted by Gasteiger charge is -2.23. The van der Waals surface area contributed by atoms with E-state index >= 15 is 0 Å². The number of nitrogens with one attached hydrogen (secondary N) is 2. The molecule has 132 valence electrons. The maximum atomic E-state index is 12.3. The predicted molar refractivity (Wildman–Crippen MR) is 88.9 cm³/mol. The van der Waals surface area contributed by atoms with E-state index in [4.69, 9.17) is 14.2 Å². The molecule has 2 N–H and O–H groups in total. The van der Waals surface area contributed by atoms with E-state index in [1.165, 1.54) is 38.7 Å². The van der Waals surface area contributed by atoms with E-state index in [2.05, 4.69) is 5.32 Å². The third kappa shape index (κ3) is 4.38. The monoisotopic (exact) mass is 337 g/mol. The number of methoxy groups -OCH3 is 3. The molecule has 24 heavy (non-hydrogen) atoms. The minimum absolute atomic E-state index is 0.135. The summed E-state index contributed by atoms with van der Waals surface area (Å²) in [6, 6.07) is 3.09. The highest BCUT2D eigenvalue weighted by Gasteiger charge is 2.22. The number of esters is 1. The summed E-state index contributed by atoms with van der Waals surface area (Å²) in [5.74, 6) is 0.157. The summed E-state index contributed by atoms with van der Waals surface area (Å²) in [6.45, 7) is 2.39. The number of rotatable bonds is 6. The van der Waals surface area contributed by atoms with Crippen molar-refractivity contribution in [2.75, 3.05) is 46.3 Å². The zero-order valence-corrected chi connectivity index (χ0v) is 14.4. The lowest BCUT2D eigenvalue weighted by Crippen LogP contribution is -3.13. The second kappa shape index (κ2) is 8.54. The molecule has 0 radical (unpaired) electrons. The number of likely N-dealkylation sites (tertiary alicyclic amines) is 1. The van der Waals surface area contributed by atoms with Gasteiger partial charge in [0.2, 0.25) is 0 Å². The number of anilines is 1. The van der Waals surface area contributed by atoms with Gasteiger partial charge in [-0.3, -0.25) is 4.79 Å². The predicted octanol–water partition coefficient (Wildman–Crippen LogP) is 0.498. The van der Waals surface area contributed by atoms with Crippen LogP contribution in [-0.2, 0) is 9.53 Å². The van der Waals surface area contributed by atoms with Crippen LogP contribution in [0.3, 0.4) is 0 Å². The molecule has 1 aliphatic heterocycles. The third-order valence-electron chi connectivity index (χ3n) is 4.17. The summed E-state index contributed by atoms with van der Waals surface area (Å²) in [6.07, 6.45) is 3.52. The molecule has 1 amide bonds. The maximum absolute atomic E-state index is 12.3. The second-order valence-electron chi connectivity index (χ2n) is 5.78. The van der Waals surface area contributed by atoms with Gasteiger partial charge in [0.15, 0.2) is 18.0 Å². The van der Waals surface area contributed by atoms with Crippen molar-refractivity contribution >= 4 is 17.6 Å². The van der Waals surface area contributed by atoms with Crippen molar-refractivity contribution in [3.8, 4) is 11.5 Å². The molecule has 0 saturated carbocycles. The van der Waals surface area contributed by atoms with Crippen LogP contribution in [0.15, 0.2) is 12.1 Å². The van der Waals surface area contributed by atoms with Crippen molar-refractivity contribution in [3.05, 3.63) is 17.7 Å². The van der Waals surface area contributed by atoms with Gasteiger partial charge in [-0.15, -0.1) is 0 Å². The van der Waals surface area contributed by atoms with Crippen LogP contribution < -0.4 is 19.7 Å². The van der Waals surface area contributed by atoms with Crippen LogP contribution in [-0.4, -0.2) is 52.8 Å². The maximum Gasteiger partial charge on any atom is 0.340 e. The van der Waals surface area contributed by atoms with Crippen molar-refractivity contribution in [1.82, 2.24) is 0 Å². The summed E-state index contributed by atoms with van der Waals surface area (Å²) < 4.78 is 15.2. The zero-order valence-electron chi connectivity index (χ0n) is 14.4. The molecule has 1 aromatic rings. The number of piperidine rings is 1. The quantitative estimate of drug-likeness (QED) is 0.739. The van der Waals surface area contributed by atoms with Gasteiger partial charge in [0.05, 0.1) is 45.7 Å². The zero-order chi connectivity index (χ0) is 17.5. The Kier molecular flexibility index (Phi) is 6.43. The van der Waals surface area contributed by atoms with Crippen LogP contribution in [0, 0.1) is 0 Å². The Labute approximate surface area is 141 Å². The molecule has 2 rings (SSSR count). The molecule has 1 heterocycles. The Bertz CT molecular complexity index is 597. The molecule has 1 aliphatic rings. The van der Waals surface area contributed by atoms with E-state index in [0.717, 1.165) is 25.9 Å². The highest BCUT2D eigenvalue weighted by Crippen LogP contribution is 2.33. The standard InChI is InChI=1S/C17H24N2O5/c1-22-14-9-12(17(21)24-3)13(10-15(14)23-2)18-16(20)11-19-7-5-4-6-8-19/h9-10H,4-8,11H2,1-3H3,(H,18,20)/p+1. The molecule has 7 nitrogen and oxygen atoms in total. The molecule has 0 unspecified atom stereocenters. The van der Waals surface area contributed by atoms with Crippen molar-refractivity contribution < 1.29 is 28.7 Å². The van der Waals surface area contributed by atoms with Gasteiger partial charge in [0.1, 0.15) is 0 Å². The largest absolute Gasteiger partial charge is 0.493 e. The second-order valence-corrected chi connectivity index (χ2v) is 5.78. The van der Waals surface area contributed by atoms with Gasteiger partial charge in [0.25, 0.3) is 5.91 Å². The van der Waals surface area contributed by atoms with Gasteiger partial charge in [-0.2, -0.15) is 0 Å². The first kappa shape index (κ1) is 18.1. The Hall–Kier alpha value is -2.28. The van der Waals surface area contributed by atoms with Gasteiger partial charge in [-0.1, -0.05) is 0 Å². The fraction of sp³-hybridized carbons (Fsp3) is 0.529. The lowest BCUT2D eigenvalue weighted by molar-refractivity contribution is -0.896. The lowest BCUT2D eigenvalue weighted by atomic mass is 10.1. The Balaban J connectivity index is 2.19. The molecule has 0 aromatic heterocycles. The smallest absolute Gasteiger partial charge is 0.340 e. The van der Waals surface area contributed by atoms with Gasteiger partial charge in [0, 0.05) is 12.1 Å². The van der Waals surface area contributed by atoms with Crippen molar-refractivity contribution in [3.63, 3.8) is 0 Å². The molecular weight excluding hydrogens is 312 g/mol. The van der Waals surface area contributed by atoms with Gasteiger partial charge in [-0.05, 0) is 19.3 Å². The highest BCUT2D eigenvalue weighted by molar-refractivity contribution is 6.02.